The summed E-state index contributed by atoms with van der Waals surface area (Å²) in [6.07, 6.45) is 1.30. The lowest BCUT2D eigenvalue weighted by molar-refractivity contribution is -0.118. The Morgan fingerprint density at radius 1 is 1.11 bits per heavy atom. The van der Waals surface area contributed by atoms with E-state index in [9.17, 15) is 9.90 Å². The Kier molecular flexibility index (Phi) is 4.10. The normalized spacial score (nSPS) is 20.7. The van der Waals surface area contributed by atoms with Crippen LogP contribution in [0.2, 0.25) is 0 Å². The topological polar surface area (TPSA) is 70.6 Å². The molecule has 140 valence electrons. The van der Waals surface area contributed by atoms with Gasteiger partial charge in [-0.2, -0.15) is 0 Å². The molecule has 0 unspecified atom stereocenters. The maximum absolute atomic E-state index is 13.1. The van der Waals surface area contributed by atoms with Crippen LogP contribution >= 0.6 is 0 Å². The number of allylic oxidation sites excluding steroid dienone is 1. The highest BCUT2D eigenvalue weighted by atomic mass is 16.5. The van der Waals surface area contributed by atoms with Crippen LogP contribution in [0.1, 0.15) is 38.3 Å². The van der Waals surface area contributed by atoms with E-state index in [2.05, 4.69) is 24.5 Å². The van der Waals surface area contributed by atoms with Crippen molar-refractivity contribution in [3.63, 3.8) is 0 Å². The third-order valence-corrected chi connectivity index (χ3v) is 5.26. The molecule has 0 amide bonds. The fourth-order valence-electron chi connectivity index (χ4n) is 4.03. The van der Waals surface area contributed by atoms with Crippen LogP contribution in [0.5, 0.6) is 11.5 Å². The van der Waals surface area contributed by atoms with Gasteiger partial charge < -0.3 is 20.5 Å². The van der Waals surface area contributed by atoms with Gasteiger partial charge >= 0.3 is 0 Å². The number of rotatable bonds is 2. The number of nitrogens with one attached hydrogen (secondary N) is 2. The molecule has 27 heavy (non-hydrogen) atoms. The summed E-state index contributed by atoms with van der Waals surface area (Å²) < 4.78 is 5.16. The van der Waals surface area contributed by atoms with Gasteiger partial charge in [0.1, 0.15) is 0 Å². The number of phenols is 1. The number of carbonyl (C=O) groups excluding carboxylic acids is 1. The predicted octanol–water partition coefficient (Wildman–Crippen LogP) is 4.62. The van der Waals surface area contributed by atoms with Crippen molar-refractivity contribution in [2.75, 3.05) is 17.7 Å². The number of carbonyl (C=O) groups is 1. The van der Waals surface area contributed by atoms with E-state index in [4.69, 9.17) is 4.74 Å². The van der Waals surface area contributed by atoms with E-state index in [1.807, 2.05) is 30.3 Å². The molecule has 5 heteroatoms. The monoisotopic (exact) mass is 364 g/mol. The number of hydrogen-bond acceptors (Lipinski definition) is 5. The Morgan fingerprint density at radius 3 is 2.56 bits per heavy atom. The number of aromatic hydroxyl groups is 1. The van der Waals surface area contributed by atoms with Crippen molar-refractivity contribution in [2.45, 2.75) is 32.7 Å². The van der Waals surface area contributed by atoms with Crippen molar-refractivity contribution < 1.29 is 14.6 Å². The smallest absolute Gasteiger partial charge is 0.163 e. The molecule has 4 rings (SSSR count). The molecule has 0 saturated carbocycles. The molecule has 2 aliphatic rings. The highest BCUT2D eigenvalue weighted by Crippen LogP contribution is 2.46. The molecule has 0 aromatic heterocycles. The van der Waals surface area contributed by atoms with Crippen LogP contribution in [0.4, 0.5) is 11.4 Å². The van der Waals surface area contributed by atoms with Gasteiger partial charge in [-0.1, -0.05) is 32.0 Å². The molecule has 0 spiro atoms. The number of fused-ring (bicyclic) bond motifs is 1. The summed E-state index contributed by atoms with van der Waals surface area (Å²) in [6, 6.07) is 12.9. The molecule has 0 fully saturated rings. The summed E-state index contributed by atoms with van der Waals surface area (Å²) in [5.74, 6) is 0.610. The lowest BCUT2D eigenvalue weighted by Gasteiger charge is -2.34. The summed E-state index contributed by atoms with van der Waals surface area (Å²) in [5, 5.41) is 17.3. The minimum Gasteiger partial charge on any atom is -0.504 e. The van der Waals surface area contributed by atoms with Gasteiger partial charge in [-0.15, -0.1) is 0 Å². The number of Topliss-reactive ketones (excluding diaryl/α,β-unsaturated/α-hetero) is 1. The fourth-order valence-corrected chi connectivity index (χ4v) is 4.03. The Morgan fingerprint density at radius 2 is 1.85 bits per heavy atom. The minimum atomic E-state index is -0.337. The Hall–Kier alpha value is -2.95. The van der Waals surface area contributed by atoms with Crippen molar-refractivity contribution in [1.82, 2.24) is 0 Å². The first-order valence-corrected chi connectivity index (χ1v) is 9.14. The van der Waals surface area contributed by atoms with Gasteiger partial charge in [0.15, 0.2) is 17.3 Å². The highest BCUT2D eigenvalue weighted by molar-refractivity contribution is 6.01. The average molecular weight is 364 g/mol. The van der Waals surface area contributed by atoms with Crippen LogP contribution in [0, 0.1) is 5.41 Å². The second-order valence-corrected chi connectivity index (χ2v) is 8.01. The number of hydrogen-bond donors (Lipinski definition) is 3. The Bertz CT molecular complexity index is 946. The van der Waals surface area contributed by atoms with Crippen molar-refractivity contribution in [1.29, 1.82) is 0 Å². The summed E-state index contributed by atoms with van der Waals surface area (Å²) >= 11 is 0. The van der Waals surface area contributed by atoms with Gasteiger partial charge in [0.2, 0.25) is 0 Å². The molecule has 2 aromatic rings. The third kappa shape index (κ3) is 3.14. The molecule has 3 N–H and O–H groups in total. The van der Waals surface area contributed by atoms with E-state index in [0.29, 0.717) is 12.2 Å². The maximum Gasteiger partial charge on any atom is 0.163 e. The number of ketones is 1. The summed E-state index contributed by atoms with van der Waals surface area (Å²) in [5.41, 5.74) is 4.32. The lowest BCUT2D eigenvalue weighted by atomic mass is 9.73. The number of benzene rings is 2. The Labute approximate surface area is 159 Å². The SMILES string of the molecule is COc1ccc([C@@H]2Nc3ccccc3NC3=C2C(=O)CC(C)(C)C3)cc1O. The molecule has 0 bridgehead atoms. The van der Waals surface area contributed by atoms with E-state index >= 15 is 0 Å². The van der Waals surface area contributed by atoms with Gasteiger partial charge in [-0.3, -0.25) is 4.79 Å². The Balaban J connectivity index is 1.87. The molecule has 5 nitrogen and oxygen atoms in total. The van der Waals surface area contributed by atoms with Crippen molar-refractivity contribution in [3.05, 3.63) is 59.3 Å². The van der Waals surface area contributed by atoms with Gasteiger partial charge in [-0.25, -0.2) is 0 Å². The zero-order valence-corrected chi connectivity index (χ0v) is 15.8. The summed E-state index contributed by atoms with van der Waals surface area (Å²) in [6.45, 7) is 4.24. The first-order valence-electron chi connectivity index (χ1n) is 9.14. The fraction of sp³-hybridized carbons (Fsp3) is 0.318. The van der Waals surface area contributed by atoms with Crippen molar-refractivity contribution in [2.24, 2.45) is 5.41 Å². The molecule has 1 aliphatic carbocycles. The van der Waals surface area contributed by atoms with Crippen LogP contribution in [0.3, 0.4) is 0 Å². The van der Waals surface area contributed by atoms with Gasteiger partial charge in [0.25, 0.3) is 0 Å². The maximum atomic E-state index is 13.1. The van der Waals surface area contributed by atoms with E-state index in [-0.39, 0.29) is 23.0 Å². The molecular weight excluding hydrogens is 340 g/mol. The van der Waals surface area contributed by atoms with Crippen LogP contribution < -0.4 is 15.4 Å². The number of para-hydroxylation sites is 2. The molecule has 1 atom stereocenters. The molecular formula is C22H24N2O3. The van der Waals surface area contributed by atoms with Crippen LogP contribution in [-0.4, -0.2) is 18.0 Å². The molecule has 1 heterocycles. The van der Waals surface area contributed by atoms with Gasteiger partial charge in [0.05, 0.1) is 24.5 Å². The molecule has 0 radical (unpaired) electrons. The van der Waals surface area contributed by atoms with Crippen LogP contribution in [-0.2, 0) is 4.79 Å². The first-order chi connectivity index (χ1) is 12.9. The first kappa shape index (κ1) is 17.5. The lowest BCUT2D eigenvalue weighted by Crippen LogP contribution is -2.31. The summed E-state index contributed by atoms with van der Waals surface area (Å²) in [4.78, 5) is 13.1. The van der Waals surface area contributed by atoms with Gasteiger partial charge in [0, 0.05) is 17.7 Å². The quantitative estimate of drug-likeness (QED) is 0.725. The second-order valence-electron chi connectivity index (χ2n) is 8.01. The van der Waals surface area contributed by atoms with Gasteiger partial charge in [-0.05, 0) is 41.7 Å². The zero-order chi connectivity index (χ0) is 19.2. The standard InChI is InChI=1S/C22H24N2O3/c1-22(2)11-16-20(18(26)12-22)21(13-8-9-19(27-3)17(25)10-13)24-15-7-5-4-6-14(15)23-16/h4-10,21,23-25H,11-12H2,1-3H3/t21-/m0/s1. The zero-order valence-electron chi connectivity index (χ0n) is 15.8. The van der Waals surface area contributed by atoms with Crippen LogP contribution in [0.25, 0.3) is 0 Å². The molecule has 0 saturated heterocycles. The highest BCUT2D eigenvalue weighted by Gasteiger charge is 2.38. The summed E-state index contributed by atoms with van der Waals surface area (Å²) in [7, 11) is 1.52. The van der Waals surface area contributed by atoms with E-state index in [1.165, 1.54) is 7.11 Å². The number of phenolic OH excluding ortho intramolecular Hbond substituents is 1. The number of ether oxygens (including phenoxy) is 1. The molecule has 2 aromatic carbocycles. The van der Waals surface area contributed by atoms with Crippen molar-refractivity contribution in [3.8, 4) is 11.5 Å². The van der Waals surface area contributed by atoms with E-state index < -0.39 is 0 Å². The van der Waals surface area contributed by atoms with Crippen LogP contribution in [0.15, 0.2) is 53.7 Å². The second kappa shape index (κ2) is 6.34. The van der Waals surface area contributed by atoms with E-state index in [1.54, 1.807) is 12.1 Å². The van der Waals surface area contributed by atoms with Crippen molar-refractivity contribution >= 4 is 17.2 Å². The minimum absolute atomic E-state index is 0.0630. The number of anilines is 2. The number of methoxy groups -OCH3 is 1. The third-order valence-electron chi connectivity index (χ3n) is 5.26. The average Bonchev–Trinajstić information content (AvgIpc) is 2.77. The largest absolute Gasteiger partial charge is 0.504 e. The van der Waals surface area contributed by atoms with E-state index in [0.717, 1.165) is 34.6 Å². The predicted molar refractivity (Wildman–Crippen MR) is 106 cm³/mol. The molecule has 1 aliphatic heterocycles.